The summed E-state index contributed by atoms with van der Waals surface area (Å²) in [5, 5.41) is 0. The zero-order valence-electron chi connectivity index (χ0n) is 12.3. The lowest BCUT2D eigenvalue weighted by molar-refractivity contribution is -0.0248. The molecule has 0 bridgehead atoms. The second-order valence-electron chi connectivity index (χ2n) is 5.14. The molecule has 1 fully saturated rings. The third kappa shape index (κ3) is 3.04. The highest BCUT2D eigenvalue weighted by molar-refractivity contribution is 5.92. The van der Waals surface area contributed by atoms with Gasteiger partial charge in [0.15, 0.2) is 0 Å². The van der Waals surface area contributed by atoms with E-state index in [0.29, 0.717) is 31.2 Å². The Morgan fingerprint density at radius 1 is 1.36 bits per heavy atom. The number of morpholine rings is 1. The van der Waals surface area contributed by atoms with Crippen molar-refractivity contribution in [2.45, 2.75) is 13.0 Å². The summed E-state index contributed by atoms with van der Waals surface area (Å²) < 4.78 is 5.71. The predicted molar refractivity (Wildman–Crippen MR) is 80.0 cm³/mol. The molecule has 0 spiro atoms. The SMILES string of the molecule is Cc1cnc(C(=O)N2CCOC(c3cccc(N)n3)C2)cn1. The molecule has 1 unspecified atom stereocenters. The number of ether oxygens (including phenoxy) is 1. The van der Waals surface area contributed by atoms with Crippen LogP contribution in [0, 0.1) is 6.92 Å². The number of nitrogens with zero attached hydrogens (tertiary/aromatic N) is 4. The van der Waals surface area contributed by atoms with E-state index in [2.05, 4.69) is 15.0 Å². The van der Waals surface area contributed by atoms with E-state index in [4.69, 9.17) is 10.5 Å². The molecule has 7 nitrogen and oxygen atoms in total. The van der Waals surface area contributed by atoms with Crippen LogP contribution in [0.15, 0.2) is 30.6 Å². The Morgan fingerprint density at radius 2 is 2.23 bits per heavy atom. The molecule has 1 saturated heterocycles. The third-order valence-electron chi connectivity index (χ3n) is 3.48. The fourth-order valence-electron chi connectivity index (χ4n) is 2.33. The van der Waals surface area contributed by atoms with Crippen molar-refractivity contribution in [3.8, 4) is 0 Å². The first-order valence-electron chi connectivity index (χ1n) is 7.05. The summed E-state index contributed by atoms with van der Waals surface area (Å²) in [5.41, 5.74) is 7.55. The maximum absolute atomic E-state index is 12.5. The maximum Gasteiger partial charge on any atom is 0.274 e. The van der Waals surface area contributed by atoms with Crippen LogP contribution >= 0.6 is 0 Å². The smallest absolute Gasteiger partial charge is 0.274 e. The van der Waals surface area contributed by atoms with E-state index in [1.54, 1.807) is 17.2 Å². The first-order chi connectivity index (χ1) is 10.6. The zero-order chi connectivity index (χ0) is 15.5. The van der Waals surface area contributed by atoms with E-state index < -0.39 is 0 Å². The van der Waals surface area contributed by atoms with Gasteiger partial charge in [0.1, 0.15) is 17.6 Å². The summed E-state index contributed by atoms with van der Waals surface area (Å²) >= 11 is 0. The van der Waals surface area contributed by atoms with Crippen LogP contribution in [0.4, 0.5) is 5.82 Å². The average Bonchev–Trinajstić information content (AvgIpc) is 2.55. The van der Waals surface area contributed by atoms with E-state index in [-0.39, 0.29) is 12.0 Å². The standard InChI is InChI=1S/C15H17N5O2/c1-10-7-18-12(8-17-10)15(21)20-5-6-22-13(9-20)11-3-2-4-14(16)19-11/h2-4,7-8,13H,5-6,9H2,1H3,(H2,16,19). The molecule has 3 rings (SSSR count). The number of carbonyl (C=O) groups is 1. The van der Waals surface area contributed by atoms with E-state index in [0.717, 1.165) is 11.4 Å². The van der Waals surface area contributed by atoms with E-state index in [1.165, 1.54) is 6.20 Å². The highest BCUT2D eigenvalue weighted by Gasteiger charge is 2.27. The predicted octanol–water partition coefficient (Wildman–Crippen LogP) is 0.976. The molecule has 2 N–H and O–H groups in total. The van der Waals surface area contributed by atoms with Crippen LogP contribution in [-0.4, -0.2) is 45.5 Å². The molecule has 0 aliphatic carbocycles. The third-order valence-corrected chi connectivity index (χ3v) is 3.48. The molecule has 1 atom stereocenters. The summed E-state index contributed by atoms with van der Waals surface area (Å²) in [6.45, 7) is 3.22. The molecule has 0 saturated carbocycles. The van der Waals surface area contributed by atoms with Crippen LogP contribution in [0.25, 0.3) is 0 Å². The number of aromatic nitrogens is 3. The number of nitrogens with two attached hydrogens (primary N) is 1. The number of nitrogen functional groups attached to an aromatic ring is 1. The normalized spacial score (nSPS) is 18.2. The van der Waals surface area contributed by atoms with Gasteiger partial charge in [0.05, 0.1) is 30.7 Å². The van der Waals surface area contributed by atoms with Gasteiger partial charge in [-0.2, -0.15) is 0 Å². The lowest BCUT2D eigenvalue weighted by atomic mass is 10.1. The number of amides is 1. The van der Waals surface area contributed by atoms with Crippen molar-refractivity contribution in [3.05, 3.63) is 47.7 Å². The Bertz CT molecular complexity index is 674. The Hall–Kier alpha value is -2.54. The number of pyridine rings is 1. The fourth-order valence-corrected chi connectivity index (χ4v) is 2.33. The Labute approximate surface area is 128 Å². The molecular weight excluding hydrogens is 282 g/mol. The van der Waals surface area contributed by atoms with Gasteiger partial charge >= 0.3 is 0 Å². The Balaban J connectivity index is 1.75. The molecule has 0 radical (unpaired) electrons. The van der Waals surface area contributed by atoms with Gasteiger partial charge < -0.3 is 15.4 Å². The molecule has 2 aromatic heterocycles. The lowest BCUT2D eigenvalue weighted by Crippen LogP contribution is -2.42. The van der Waals surface area contributed by atoms with Crippen molar-refractivity contribution >= 4 is 11.7 Å². The van der Waals surface area contributed by atoms with E-state index >= 15 is 0 Å². The summed E-state index contributed by atoms with van der Waals surface area (Å²) in [6, 6.07) is 5.39. The topological polar surface area (TPSA) is 94.2 Å². The van der Waals surface area contributed by atoms with Gasteiger partial charge in [0.2, 0.25) is 0 Å². The van der Waals surface area contributed by atoms with Crippen molar-refractivity contribution in [2.75, 3.05) is 25.4 Å². The van der Waals surface area contributed by atoms with Crippen LogP contribution in [0.2, 0.25) is 0 Å². The quantitative estimate of drug-likeness (QED) is 0.888. The molecule has 1 amide bonds. The van der Waals surface area contributed by atoms with Crippen molar-refractivity contribution in [3.63, 3.8) is 0 Å². The number of rotatable bonds is 2. The maximum atomic E-state index is 12.5. The lowest BCUT2D eigenvalue weighted by Gasteiger charge is -2.32. The van der Waals surface area contributed by atoms with E-state index in [9.17, 15) is 4.79 Å². The minimum Gasteiger partial charge on any atom is -0.384 e. The van der Waals surface area contributed by atoms with Gasteiger partial charge in [0, 0.05) is 12.7 Å². The number of aryl methyl sites for hydroxylation is 1. The van der Waals surface area contributed by atoms with Crippen molar-refractivity contribution in [1.82, 2.24) is 19.9 Å². The second-order valence-corrected chi connectivity index (χ2v) is 5.14. The molecule has 3 heterocycles. The van der Waals surface area contributed by atoms with Crippen LogP contribution < -0.4 is 5.73 Å². The second kappa shape index (κ2) is 6.07. The van der Waals surface area contributed by atoms with E-state index in [1.807, 2.05) is 19.1 Å². The number of anilines is 1. The molecule has 2 aromatic rings. The highest BCUT2D eigenvalue weighted by Crippen LogP contribution is 2.22. The Kier molecular flexibility index (Phi) is 3.97. The van der Waals surface area contributed by atoms with Crippen LogP contribution in [-0.2, 0) is 4.74 Å². The molecule has 22 heavy (non-hydrogen) atoms. The van der Waals surface area contributed by atoms with Gasteiger partial charge in [-0.15, -0.1) is 0 Å². The molecule has 0 aromatic carbocycles. The van der Waals surface area contributed by atoms with Crippen molar-refractivity contribution in [1.29, 1.82) is 0 Å². The number of hydrogen-bond donors (Lipinski definition) is 1. The first kappa shape index (κ1) is 14.4. The minimum atomic E-state index is -0.278. The minimum absolute atomic E-state index is 0.148. The highest BCUT2D eigenvalue weighted by atomic mass is 16.5. The van der Waals surface area contributed by atoms with Gasteiger partial charge in [-0.1, -0.05) is 6.07 Å². The average molecular weight is 299 g/mol. The molecule has 7 heteroatoms. The van der Waals surface area contributed by atoms with Crippen LogP contribution in [0.3, 0.4) is 0 Å². The van der Waals surface area contributed by atoms with Crippen LogP contribution in [0.5, 0.6) is 0 Å². The van der Waals surface area contributed by atoms with Crippen molar-refractivity contribution < 1.29 is 9.53 Å². The molecule has 114 valence electrons. The summed E-state index contributed by atoms with van der Waals surface area (Å²) in [7, 11) is 0. The molecule has 1 aliphatic rings. The van der Waals surface area contributed by atoms with Gasteiger partial charge in [-0.3, -0.25) is 9.78 Å². The van der Waals surface area contributed by atoms with Gasteiger partial charge in [-0.05, 0) is 19.1 Å². The molecule has 1 aliphatic heterocycles. The summed E-state index contributed by atoms with van der Waals surface area (Å²) in [5.74, 6) is 0.290. The molecular formula is C15H17N5O2. The fraction of sp³-hybridized carbons (Fsp3) is 0.333. The van der Waals surface area contributed by atoms with Gasteiger partial charge in [-0.25, -0.2) is 9.97 Å². The van der Waals surface area contributed by atoms with Gasteiger partial charge in [0.25, 0.3) is 5.91 Å². The first-order valence-corrected chi connectivity index (χ1v) is 7.05. The number of hydrogen-bond acceptors (Lipinski definition) is 6. The Morgan fingerprint density at radius 3 is 2.95 bits per heavy atom. The van der Waals surface area contributed by atoms with Crippen molar-refractivity contribution in [2.24, 2.45) is 0 Å². The summed E-state index contributed by atoms with van der Waals surface area (Å²) in [6.07, 6.45) is 2.81. The monoisotopic (exact) mass is 299 g/mol. The summed E-state index contributed by atoms with van der Waals surface area (Å²) in [4.78, 5) is 26.7. The number of carbonyl (C=O) groups excluding carboxylic acids is 1. The zero-order valence-corrected chi connectivity index (χ0v) is 12.3. The largest absolute Gasteiger partial charge is 0.384 e. The van der Waals surface area contributed by atoms with Crippen LogP contribution in [0.1, 0.15) is 28.0 Å².